The van der Waals surface area contributed by atoms with Crippen LogP contribution in [0.25, 0.3) is 11.1 Å². The number of hydrogen-bond acceptors (Lipinski definition) is 5. The smallest absolute Gasteiger partial charge is 0.251 e. The maximum Gasteiger partial charge on any atom is 0.251 e. The fraction of sp³-hybridized carbons (Fsp3) is 0.261. The second-order valence-electron chi connectivity index (χ2n) is 6.68. The molecule has 0 atom stereocenters. The Labute approximate surface area is 171 Å². The molecule has 1 aromatic heterocycles. The SMILES string of the molecule is CCOCCCNC(=O)c1cccc(Nc2ncc(-c3cccc(C)c3)cn2)c1. The highest BCUT2D eigenvalue weighted by atomic mass is 16.5. The van der Waals surface area contributed by atoms with Gasteiger partial charge in [-0.1, -0.05) is 35.9 Å². The third-order valence-electron chi connectivity index (χ3n) is 4.34. The molecule has 3 aromatic rings. The minimum absolute atomic E-state index is 0.110. The molecule has 0 spiro atoms. The zero-order valence-electron chi connectivity index (χ0n) is 16.8. The normalized spacial score (nSPS) is 10.6. The number of carbonyl (C=O) groups excluding carboxylic acids is 1. The van der Waals surface area contributed by atoms with Gasteiger partial charge in [-0.3, -0.25) is 4.79 Å². The first-order valence-electron chi connectivity index (χ1n) is 9.78. The van der Waals surface area contributed by atoms with E-state index in [-0.39, 0.29) is 5.91 Å². The number of benzene rings is 2. The van der Waals surface area contributed by atoms with Gasteiger partial charge in [0, 0.05) is 49.0 Å². The number of carbonyl (C=O) groups is 1. The monoisotopic (exact) mass is 390 g/mol. The molecule has 0 aliphatic heterocycles. The second-order valence-corrected chi connectivity index (χ2v) is 6.68. The predicted molar refractivity (Wildman–Crippen MR) is 115 cm³/mol. The molecule has 0 saturated heterocycles. The highest BCUT2D eigenvalue weighted by Crippen LogP contribution is 2.20. The summed E-state index contributed by atoms with van der Waals surface area (Å²) in [4.78, 5) is 21.1. The van der Waals surface area contributed by atoms with E-state index in [1.54, 1.807) is 24.5 Å². The van der Waals surface area contributed by atoms with Crippen LogP contribution >= 0.6 is 0 Å². The van der Waals surface area contributed by atoms with E-state index in [0.29, 0.717) is 31.3 Å². The van der Waals surface area contributed by atoms with Crippen molar-refractivity contribution >= 4 is 17.5 Å². The van der Waals surface area contributed by atoms with Crippen LogP contribution in [0.1, 0.15) is 29.3 Å². The molecule has 2 N–H and O–H groups in total. The van der Waals surface area contributed by atoms with Gasteiger partial charge in [0.15, 0.2) is 0 Å². The molecule has 29 heavy (non-hydrogen) atoms. The second kappa shape index (κ2) is 10.3. The number of nitrogens with zero attached hydrogens (tertiary/aromatic N) is 2. The van der Waals surface area contributed by atoms with Gasteiger partial charge < -0.3 is 15.4 Å². The Morgan fingerprint density at radius 2 is 1.83 bits per heavy atom. The Balaban J connectivity index is 1.60. The average Bonchev–Trinajstić information content (AvgIpc) is 2.74. The van der Waals surface area contributed by atoms with E-state index in [0.717, 1.165) is 23.2 Å². The van der Waals surface area contributed by atoms with Crippen LogP contribution in [0, 0.1) is 6.92 Å². The highest BCUT2D eigenvalue weighted by molar-refractivity contribution is 5.95. The van der Waals surface area contributed by atoms with Crippen molar-refractivity contribution in [3.63, 3.8) is 0 Å². The van der Waals surface area contributed by atoms with Gasteiger partial charge in [0.05, 0.1) is 0 Å². The molecule has 2 aromatic carbocycles. The third-order valence-corrected chi connectivity index (χ3v) is 4.34. The number of amides is 1. The van der Waals surface area contributed by atoms with Crippen molar-refractivity contribution < 1.29 is 9.53 Å². The molecule has 0 aliphatic carbocycles. The van der Waals surface area contributed by atoms with Crippen molar-refractivity contribution in [2.24, 2.45) is 0 Å². The molecule has 150 valence electrons. The lowest BCUT2D eigenvalue weighted by Crippen LogP contribution is -2.25. The standard InChI is InChI=1S/C23H26N4O2/c1-3-29-12-6-11-24-22(28)19-9-5-10-21(14-19)27-23-25-15-20(16-26-23)18-8-4-7-17(2)13-18/h4-5,7-10,13-16H,3,6,11-12H2,1-2H3,(H,24,28)(H,25,26,27). The van der Waals surface area contributed by atoms with E-state index in [9.17, 15) is 4.79 Å². The molecule has 0 radical (unpaired) electrons. The van der Waals surface area contributed by atoms with Gasteiger partial charge in [0.2, 0.25) is 5.95 Å². The molecule has 0 unspecified atom stereocenters. The zero-order valence-corrected chi connectivity index (χ0v) is 16.8. The minimum atomic E-state index is -0.110. The first-order chi connectivity index (χ1) is 14.2. The fourth-order valence-corrected chi connectivity index (χ4v) is 2.86. The van der Waals surface area contributed by atoms with Gasteiger partial charge in [-0.05, 0) is 44.0 Å². The largest absolute Gasteiger partial charge is 0.382 e. The van der Waals surface area contributed by atoms with Crippen molar-refractivity contribution in [3.05, 3.63) is 72.1 Å². The Morgan fingerprint density at radius 3 is 2.59 bits per heavy atom. The first kappa shape index (κ1) is 20.5. The molecule has 0 aliphatic rings. The number of rotatable bonds is 9. The summed E-state index contributed by atoms with van der Waals surface area (Å²) >= 11 is 0. The zero-order chi connectivity index (χ0) is 20.5. The van der Waals surface area contributed by atoms with Gasteiger partial charge >= 0.3 is 0 Å². The fourth-order valence-electron chi connectivity index (χ4n) is 2.86. The summed E-state index contributed by atoms with van der Waals surface area (Å²) < 4.78 is 5.27. The molecule has 1 heterocycles. The Kier molecular flexibility index (Phi) is 7.30. The quantitative estimate of drug-likeness (QED) is 0.531. The number of aromatic nitrogens is 2. The van der Waals surface area contributed by atoms with Crippen LogP contribution in [-0.4, -0.2) is 35.6 Å². The number of hydrogen-bond donors (Lipinski definition) is 2. The Morgan fingerprint density at radius 1 is 1.03 bits per heavy atom. The Hall–Kier alpha value is -3.25. The van der Waals surface area contributed by atoms with Crippen LogP contribution in [0.3, 0.4) is 0 Å². The van der Waals surface area contributed by atoms with E-state index < -0.39 is 0 Å². The van der Waals surface area contributed by atoms with Crippen molar-refractivity contribution in [2.45, 2.75) is 20.3 Å². The van der Waals surface area contributed by atoms with Crippen LogP contribution in [0.4, 0.5) is 11.6 Å². The summed E-state index contributed by atoms with van der Waals surface area (Å²) in [7, 11) is 0. The molecule has 1 amide bonds. The lowest BCUT2D eigenvalue weighted by atomic mass is 10.1. The van der Waals surface area contributed by atoms with Gasteiger partial charge in [-0.25, -0.2) is 9.97 Å². The number of anilines is 2. The van der Waals surface area contributed by atoms with Crippen LogP contribution in [0.5, 0.6) is 0 Å². The molecule has 0 bridgehead atoms. The van der Waals surface area contributed by atoms with Crippen molar-refractivity contribution in [2.75, 3.05) is 25.1 Å². The number of aryl methyl sites for hydroxylation is 1. The Bertz CT molecular complexity index is 942. The third kappa shape index (κ3) is 6.12. The van der Waals surface area contributed by atoms with E-state index in [4.69, 9.17) is 4.74 Å². The van der Waals surface area contributed by atoms with Crippen LogP contribution in [-0.2, 0) is 4.74 Å². The van der Waals surface area contributed by atoms with E-state index in [2.05, 4.69) is 39.7 Å². The van der Waals surface area contributed by atoms with Crippen molar-refractivity contribution in [3.8, 4) is 11.1 Å². The van der Waals surface area contributed by atoms with Gasteiger partial charge in [-0.15, -0.1) is 0 Å². The maximum atomic E-state index is 12.3. The highest BCUT2D eigenvalue weighted by Gasteiger charge is 2.07. The summed E-state index contributed by atoms with van der Waals surface area (Å²) in [5.74, 6) is 0.372. The molecule has 6 nitrogen and oxygen atoms in total. The van der Waals surface area contributed by atoms with Gasteiger partial charge in [-0.2, -0.15) is 0 Å². The van der Waals surface area contributed by atoms with Crippen LogP contribution in [0.2, 0.25) is 0 Å². The van der Waals surface area contributed by atoms with E-state index in [1.165, 1.54) is 5.56 Å². The molecular weight excluding hydrogens is 364 g/mol. The summed E-state index contributed by atoms with van der Waals surface area (Å²) in [5, 5.41) is 6.05. The molecular formula is C23H26N4O2. The molecule has 0 saturated carbocycles. The van der Waals surface area contributed by atoms with E-state index >= 15 is 0 Å². The van der Waals surface area contributed by atoms with Crippen LogP contribution < -0.4 is 10.6 Å². The molecule has 3 rings (SSSR count). The summed E-state index contributed by atoms with van der Waals surface area (Å²) in [6.07, 6.45) is 4.37. The summed E-state index contributed by atoms with van der Waals surface area (Å²) in [6, 6.07) is 15.5. The number of ether oxygens (including phenoxy) is 1. The van der Waals surface area contributed by atoms with Crippen molar-refractivity contribution in [1.29, 1.82) is 0 Å². The molecule has 6 heteroatoms. The summed E-state index contributed by atoms with van der Waals surface area (Å²) in [5.41, 5.74) is 4.58. The van der Waals surface area contributed by atoms with Crippen molar-refractivity contribution in [1.82, 2.24) is 15.3 Å². The molecule has 0 fully saturated rings. The summed E-state index contributed by atoms with van der Waals surface area (Å²) in [6.45, 7) is 5.93. The maximum absolute atomic E-state index is 12.3. The number of nitrogens with one attached hydrogen (secondary N) is 2. The predicted octanol–water partition coefficient (Wildman–Crippen LogP) is 4.35. The van der Waals surface area contributed by atoms with Crippen LogP contribution in [0.15, 0.2) is 60.9 Å². The van der Waals surface area contributed by atoms with E-state index in [1.807, 2.05) is 31.2 Å². The topological polar surface area (TPSA) is 76.1 Å². The average molecular weight is 390 g/mol. The lowest BCUT2D eigenvalue weighted by molar-refractivity contribution is 0.0944. The lowest BCUT2D eigenvalue weighted by Gasteiger charge is -2.09. The minimum Gasteiger partial charge on any atom is -0.382 e. The van der Waals surface area contributed by atoms with Gasteiger partial charge in [0.25, 0.3) is 5.91 Å². The van der Waals surface area contributed by atoms with Gasteiger partial charge in [0.1, 0.15) is 0 Å². The first-order valence-corrected chi connectivity index (χ1v) is 9.78.